The van der Waals surface area contributed by atoms with Gasteiger partial charge in [0, 0.05) is 53.5 Å². The fraction of sp³-hybridized carbons (Fsp3) is 0.192. The number of piperazine rings is 1. The van der Waals surface area contributed by atoms with Crippen LogP contribution in [0.3, 0.4) is 0 Å². The predicted octanol–water partition coefficient (Wildman–Crippen LogP) is 6.41. The summed E-state index contributed by atoms with van der Waals surface area (Å²) in [6.07, 6.45) is 1.66. The van der Waals surface area contributed by atoms with Gasteiger partial charge < -0.3 is 10.0 Å². The third kappa shape index (κ3) is 4.43. The Morgan fingerprint density at radius 3 is 2.36 bits per heavy atom. The summed E-state index contributed by atoms with van der Waals surface area (Å²) in [5.41, 5.74) is 3.32. The molecule has 0 saturated carbocycles. The average molecular weight is 527 g/mol. The zero-order valence-electron chi connectivity index (χ0n) is 17.8. The molecule has 0 aliphatic carbocycles. The molecule has 2 heterocycles. The number of phenolic OH excluding ortho intramolecular Hbond substituents is 1. The number of benzene rings is 3. The number of pyridine rings is 1. The first-order valence-corrected chi connectivity index (χ1v) is 11.9. The van der Waals surface area contributed by atoms with Crippen molar-refractivity contribution in [1.29, 1.82) is 0 Å². The smallest absolute Gasteiger partial charge is 0.147 e. The van der Waals surface area contributed by atoms with Crippen molar-refractivity contribution in [3.05, 3.63) is 99.4 Å². The number of rotatable bonds is 4. The molecule has 5 rings (SSSR count). The van der Waals surface area contributed by atoms with Crippen LogP contribution in [-0.2, 0) is 0 Å². The molecular weight excluding hydrogens is 505 g/mol. The molecule has 168 valence electrons. The van der Waals surface area contributed by atoms with Crippen LogP contribution < -0.4 is 4.90 Å². The highest BCUT2D eigenvalue weighted by atomic mass is 79.9. The Balaban J connectivity index is 1.52. The second-order valence-corrected chi connectivity index (χ2v) is 9.47. The van der Waals surface area contributed by atoms with E-state index in [0.717, 1.165) is 52.9 Å². The van der Waals surface area contributed by atoms with Crippen LogP contribution >= 0.6 is 27.5 Å². The van der Waals surface area contributed by atoms with Gasteiger partial charge in [-0.1, -0.05) is 39.7 Å². The van der Waals surface area contributed by atoms with E-state index in [1.165, 1.54) is 12.1 Å². The van der Waals surface area contributed by atoms with Gasteiger partial charge in [-0.25, -0.2) is 4.39 Å². The van der Waals surface area contributed by atoms with Gasteiger partial charge in [0.25, 0.3) is 0 Å². The maximum Gasteiger partial charge on any atom is 0.147 e. The highest BCUT2D eigenvalue weighted by Gasteiger charge is 2.30. The first kappa shape index (κ1) is 22.1. The van der Waals surface area contributed by atoms with E-state index in [9.17, 15) is 9.50 Å². The van der Waals surface area contributed by atoms with Gasteiger partial charge in [0.05, 0.1) is 11.1 Å². The Morgan fingerprint density at radius 1 is 0.970 bits per heavy atom. The van der Waals surface area contributed by atoms with Gasteiger partial charge in [0.2, 0.25) is 0 Å². The van der Waals surface area contributed by atoms with Crippen molar-refractivity contribution in [1.82, 2.24) is 9.88 Å². The molecule has 0 spiro atoms. The van der Waals surface area contributed by atoms with Crippen molar-refractivity contribution < 1.29 is 9.50 Å². The summed E-state index contributed by atoms with van der Waals surface area (Å²) in [7, 11) is 0. The first-order chi connectivity index (χ1) is 16.0. The van der Waals surface area contributed by atoms with Gasteiger partial charge in [0.15, 0.2) is 0 Å². The highest BCUT2D eigenvalue weighted by Crippen LogP contribution is 2.41. The van der Waals surface area contributed by atoms with E-state index in [0.29, 0.717) is 10.5 Å². The van der Waals surface area contributed by atoms with E-state index >= 15 is 0 Å². The molecule has 7 heteroatoms. The third-order valence-electron chi connectivity index (χ3n) is 6.20. The maximum atomic E-state index is 13.3. The lowest BCUT2D eigenvalue weighted by atomic mass is 9.94. The van der Waals surface area contributed by atoms with E-state index in [4.69, 9.17) is 11.6 Å². The number of anilines is 1. The Morgan fingerprint density at radius 2 is 1.67 bits per heavy atom. The average Bonchev–Trinajstić information content (AvgIpc) is 2.84. The number of hydrogen-bond acceptors (Lipinski definition) is 4. The van der Waals surface area contributed by atoms with Crippen LogP contribution in [0, 0.1) is 5.82 Å². The van der Waals surface area contributed by atoms with Crippen molar-refractivity contribution in [2.75, 3.05) is 31.1 Å². The topological polar surface area (TPSA) is 39.6 Å². The van der Waals surface area contributed by atoms with Crippen LogP contribution in [0.4, 0.5) is 10.1 Å². The Labute approximate surface area is 205 Å². The standard InChI is InChI=1S/C26H22BrClFN3O/c27-18-5-3-17(4-6-18)25(22-16-23(28)21-2-1-11-30-24(21)26(22)33)32-14-12-31(13-15-32)20-9-7-19(29)8-10-20/h1-11,16,25,33H,12-15H2/t25-/m1/s1. The SMILES string of the molecule is Oc1c([C@@H](c2ccc(Br)cc2)N2CCN(c3ccc(F)cc3)CC2)cc(Cl)c2cccnc12. The lowest BCUT2D eigenvalue weighted by Gasteiger charge is -2.41. The molecule has 1 aromatic heterocycles. The molecule has 1 atom stereocenters. The largest absolute Gasteiger partial charge is 0.505 e. The molecule has 1 N–H and O–H groups in total. The van der Waals surface area contributed by atoms with Gasteiger partial charge in [-0.15, -0.1) is 0 Å². The van der Waals surface area contributed by atoms with E-state index in [-0.39, 0.29) is 17.6 Å². The van der Waals surface area contributed by atoms with E-state index in [1.807, 2.05) is 42.5 Å². The fourth-order valence-electron chi connectivity index (χ4n) is 4.54. The summed E-state index contributed by atoms with van der Waals surface area (Å²) in [5.74, 6) is -0.0751. The molecule has 0 unspecified atom stereocenters. The van der Waals surface area contributed by atoms with Crippen molar-refractivity contribution in [2.24, 2.45) is 0 Å². The normalized spacial score (nSPS) is 15.7. The molecule has 1 saturated heterocycles. The molecule has 0 amide bonds. The molecule has 1 fully saturated rings. The number of phenols is 1. The zero-order valence-corrected chi connectivity index (χ0v) is 20.1. The fourth-order valence-corrected chi connectivity index (χ4v) is 5.07. The number of nitrogens with zero attached hydrogens (tertiary/aromatic N) is 3. The monoisotopic (exact) mass is 525 g/mol. The molecule has 1 aliphatic rings. The molecule has 0 bridgehead atoms. The van der Waals surface area contributed by atoms with Crippen LogP contribution in [0.25, 0.3) is 10.9 Å². The molecule has 0 radical (unpaired) electrons. The van der Waals surface area contributed by atoms with Crippen LogP contribution in [0.15, 0.2) is 77.4 Å². The summed E-state index contributed by atoms with van der Waals surface area (Å²) < 4.78 is 14.3. The van der Waals surface area contributed by atoms with E-state index < -0.39 is 0 Å². The predicted molar refractivity (Wildman–Crippen MR) is 135 cm³/mol. The summed E-state index contributed by atoms with van der Waals surface area (Å²) in [6.45, 7) is 3.13. The summed E-state index contributed by atoms with van der Waals surface area (Å²) >= 11 is 10.1. The molecule has 4 nitrogen and oxygen atoms in total. The minimum Gasteiger partial charge on any atom is -0.505 e. The van der Waals surface area contributed by atoms with Gasteiger partial charge in [0.1, 0.15) is 17.1 Å². The number of aromatic nitrogens is 1. The van der Waals surface area contributed by atoms with Crippen molar-refractivity contribution >= 4 is 44.1 Å². The number of hydrogen-bond donors (Lipinski definition) is 1. The van der Waals surface area contributed by atoms with Crippen LogP contribution in [0.2, 0.25) is 5.02 Å². The van der Waals surface area contributed by atoms with Crippen LogP contribution in [0.5, 0.6) is 5.75 Å². The molecule has 4 aromatic rings. The lowest BCUT2D eigenvalue weighted by Crippen LogP contribution is -2.48. The second-order valence-electron chi connectivity index (χ2n) is 8.15. The highest BCUT2D eigenvalue weighted by molar-refractivity contribution is 9.10. The van der Waals surface area contributed by atoms with Gasteiger partial charge in [-0.05, 0) is 60.2 Å². The molecular formula is C26H22BrClFN3O. The van der Waals surface area contributed by atoms with Crippen LogP contribution in [0.1, 0.15) is 17.2 Å². The Hall–Kier alpha value is -2.67. The molecule has 33 heavy (non-hydrogen) atoms. The summed E-state index contributed by atoms with van der Waals surface area (Å²) in [4.78, 5) is 9.00. The minimum absolute atomic E-state index is 0.156. The van der Waals surface area contributed by atoms with Crippen molar-refractivity contribution in [2.45, 2.75) is 6.04 Å². The van der Waals surface area contributed by atoms with Gasteiger partial charge >= 0.3 is 0 Å². The van der Waals surface area contributed by atoms with Crippen molar-refractivity contribution in [3.8, 4) is 5.75 Å². The van der Waals surface area contributed by atoms with Crippen LogP contribution in [-0.4, -0.2) is 41.2 Å². The Kier molecular flexibility index (Phi) is 6.23. The van der Waals surface area contributed by atoms with E-state index in [1.54, 1.807) is 6.20 Å². The minimum atomic E-state index is -0.232. The van der Waals surface area contributed by atoms with Gasteiger partial charge in [-0.3, -0.25) is 9.88 Å². The number of aromatic hydroxyl groups is 1. The summed E-state index contributed by atoms with van der Waals surface area (Å²) in [6, 6.07) is 20.1. The lowest BCUT2D eigenvalue weighted by molar-refractivity contribution is 0.209. The maximum absolute atomic E-state index is 13.3. The van der Waals surface area contributed by atoms with Gasteiger partial charge in [-0.2, -0.15) is 0 Å². The number of halogens is 3. The molecule has 3 aromatic carbocycles. The number of fused-ring (bicyclic) bond motifs is 1. The summed E-state index contributed by atoms with van der Waals surface area (Å²) in [5, 5.41) is 12.5. The van der Waals surface area contributed by atoms with Crippen molar-refractivity contribution in [3.63, 3.8) is 0 Å². The molecule has 1 aliphatic heterocycles. The quantitative estimate of drug-likeness (QED) is 0.334. The first-order valence-electron chi connectivity index (χ1n) is 10.8. The third-order valence-corrected chi connectivity index (χ3v) is 7.04. The second kappa shape index (κ2) is 9.29. The Bertz CT molecular complexity index is 1280. The van der Waals surface area contributed by atoms with E-state index in [2.05, 4.69) is 42.8 Å². The zero-order chi connectivity index (χ0) is 22.9.